The Morgan fingerprint density at radius 1 is 1.38 bits per heavy atom. The Morgan fingerprint density at radius 3 is 2.85 bits per heavy atom. The summed E-state index contributed by atoms with van der Waals surface area (Å²) in [5.41, 5.74) is 6.57. The first-order valence-corrected chi connectivity index (χ1v) is 5.09. The van der Waals surface area contributed by atoms with Gasteiger partial charge in [-0.1, -0.05) is 0 Å². The van der Waals surface area contributed by atoms with E-state index in [1.54, 1.807) is 0 Å². The number of aliphatic hydroxyl groups is 1. The minimum absolute atomic E-state index is 0.0326. The molecular formula is C9H9NOS2. The van der Waals surface area contributed by atoms with Gasteiger partial charge in [0.25, 0.3) is 0 Å². The monoisotopic (exact) mass is 211 g/mol. The van der Waals surface area contributed by atoms with Crippen molar-refractivity contribution in [2.45, 2.75) is 11.5 Å². The third-order valence-electron chi connectivity index (χ3n) is 1.87. The van der Waals surface area contributed by atoms with Gasteiger partial charge in [0, 0.05) is 9.60 Å². The topological polar surface area (TPSA) is 46.2 Å². The normalized spacial score (nSPS) is 10.9. The lowest BCUT2D eigenvalue weighted by Gasteiger charge is -1.99. The second kappa shape index (κ2) is 3.21. The molecule has 0 radical (unpaired) electrons. The van der Waals surface area contributed by atoms with Crippen LogP contribution in [0.2, 0.25) is 0 Å². The van der Waals surface area contributed by atoms with Crippen molar-refractivity contribution in [2.24, 2.45) is 0 Å². The van der Waals surface area contributed by atoms with Crippen LogP contribution in [0.3, 0.4) is 0 Å². The van der Waals surface area contributed by atoms with E-state index in [0.717, 1.165) is 25.5 Å². The van der Waals surface area contributed by atoms with Gasteiger partial charge in [0.15, 0.2) is 0 Å². The number of rotatable bonds is 1. The number of hydrogen-bond acceptors (Lipinski definition) is 4. The van der Waals surface area contributed by atoms with Crippen molar-refractivity contribution in [1.82, 2.24) is 0 Å². The van der Waals surface area contributed by atoms with E-state index in [1.807, 2.05) is 18.2 Å². The molecule has 0 atom stereocenters. The molecule has 3 N–H and O–H groups in total. The van der Waals surface area contributed by atoms with Crippen molar-refractivity contribution in [3.05, 3.63) is 23.8 Å². The van der Waals surface area contributed by atoms with Crippen LogP contribution >= 0.6 is 24.0 Å². The molecule has 0 spiro atoms. The number of nitrogens with two attached hydrogens (primary N) is 1. The van der Waals surface area contributed by atoms with E-state index < -0.39 is 0 Å². The van der Waals surface area contributed by atoms with E-state index in [1.165, 1.54) is 11.3 Å². The molecule has 1 heterocycles. The smallest absolute Gasteiger partial charge is 0.0868 e. The molecule has 1 aromatic heterocycles. The first-order chi connectivity index (χ1) is 6.20. The van der Waals surface area contributed by atoms with Crippen LogP contribution in [0.1, 0.15) is 5.56 Å². The quantitative estimate of drug-likeness (QED) is 0.634. The third-order valence-corrected chi connectivity index (χ3v) is 3.18. The standard InChI is InChI=1S/C9H9NOS2/c10-8-3-5-1-7(12)2-6(4-11)9(5)13-8/h1-3,11-12H,4,10H2. The van der Waals surface area contributed by atoms with Crippen LogP contribution in [0.5, 0.6) is 0 Å². The molecule has 0 unspecified atom stereocenters. The summed E-state index contributed by atoms with van der Waals surface area (Å²) in [4.78, 5) is 0.856. The van der Waals surface area contributed by atoms with Crippen LogP contribution in [0.25, 0.3) is 10.1 Å². The molecule has 0 bridgehead atoms. The van der Waals surface area contributed by atoms with E-state index >= 15 is 0 Å². The van der Waals surface area contributed by atoms with Crippen LogP contribution in [0, 0.1) is 0 Å². The maximum Gasteiger partial charge on any atom is 0.0868 e. The number of benzene rings is 1. The molecule has 0 amide bonds. The highest BCUT2D eigenvalue weighted by atomic mass is 32.1. The Hall–Kier alpha value is -0.710. The fourth-order valence-electron chi connectivity index (χ4n) is 1.35. The van der Waals surface area contributed by atoms with Crippen molar-refractivity contribution < 1.29 is 5.11 Å². The molecular weight excluding hydrogens is 202 g/mol. The molecule has 1 aromatic carbocycles. The second-order valence-corrected chi connectivity index (χ2v) is 4.43. The maximum atomic E-state index is 9.10. The summed E-state index contributed by atoms with van der Waals surface area (Å²) in [6, 6.07) is 5.71. The molecule has 0 saturated carbocycles. The molecule has 2 nitrogen and oxygen atoms in total. The summed E-state index contributed by atoms with van der Waals surface area (Å²) in [5, 5.41) is 10.9. The molecule has 0 fully saturated rings. The van der Waals surface area contributed by atoms with Crippen molar-refractivity contribution in [3.63, 3.8) is 0 Å². The van der Waals surface area contributed by atoms with Crippen molar-refractivity contribution >= 4 is 39.1 Å². The van der Waals surface area contributed by atoms with E-state index in [2.05, 4.69) is 12.6 Å². The lowest BCUT2D eigenvalue weighted by molar-refractivity contribution is 0.283. The third kappa shape index (κ3) is 1.52. The summed E-state index contributed by atoms with van der Waals surface area (Å²) in [6.45, 7) is 0.0326. The minimum atomic E-state index is 0.0326. The summed E-state index contributed by atoms with van der Waals surface area (Å²) in [6.07, 6.45) is 0. The van der Waals surface area contributed by atoms with E-state index in [9.17, 15) is 0 Å². The first kappa shape index (κ1) is 8.87. The molecule has 0 aliphatic rings. The lowest BCUT2D eigenvalue weighted by Crippen LogP contribution is -1.82. The average molecular weight is 211 g/mol. The van der Waals surface area contributed by atoms with E-state index in [-0.39, 0.29) is 6.61 Å². The zero-order valence-corrected chi connectivity index (χ0v) is 8.53. The van der Waals surface area contributed by atoms with Crippen LogP contribution in [-0.2, 0) is 6.61 Å². The number of thiophene rings is 1. The van der Waals surface area contributed by atoms with Crippen LogP contribution in [0.15, 0.2) is 23.1 Å². The molecule has 0 saturated heterocycles. The highest BCUT2D eigenvalue weighted by Crippen LogP contribution is 2.32. The summed E-state index contributed by atoms with van der Waals surface area (Å²) in [7, 11) is 0. The Labute approximate surface area is 85.4 Å². The molecule has 2 aromatic rings. The van der Waals surface area contributed by atoms with Crippen LogP contribution in [0.4, 0.5) is 5.00 Å². The Bertz CT molecular complexity index is 450. The van der Waals surface area contributed by atoms with Gasteiger partial charge in [0.2, 0.25) is 0 Å². The average Bonchev–Trinajstić information content (AvgIpc) is 2.43. The predicted molar refractivity (Wildman–Crippen MR) is 59.4 cm³/mol. The molecule has 68 valence electrons. The van der Waals surface area contributed by atoms with E-state index in [0.29, 0.717) is 0 Å². The summed E-state index contributed by atoms with van der Waals surface area (Å²) >= 11 is 5.74. The Kier molecular flexibility index (Phi) is 2.19. The van der Waals surface area contributed by atoms with Crippen LogP contribution < -0.4 is 5.73 Å². The fourth-order valence-corrected chi connectivity index (χ4v) is 2.55. The summed E-state index contributed by atoms with van der Waals surface area (Å²) in [5.74, 6) is 0. The maximum absolute atomic E-state index is 9.10. The highest BCUT2D eigenvalue weighted by Gasteiger charge is 2.05. The number of thiol groups is 1. The van der Waals surface area contributed by atoms with Gasteiger partial charge < -0.3 is 10.8 Å². The fraction of sp³-hybridized carbons (Fsp3) is 0.111. The zero-order chi connectivity index (χ0) is 9.42. The van der Waals surface area contributed by atoms with Crippen LogP contribution in [-0.4, -0.2) is 5.11 Å². The SMILES string of the molecule is Nc1cc2cc(S)cc(CO)c2s1. The number of hydrogen-bond donors (Lipinski definition) is 3. The Morgan fingerprint density at radius 2 is 2.15 bits per heavy atom. The van der Waals surface area contributed by atoms with Gasteiger partial charge in [-0.2, -0.15) is 0 Å². The minimum Gasteiger partial charge on any atom is -0.392 e. The number of anilines is 1. The van der Waals surface area contributed by atoms with Gasteiger partial charge in [0.05, 0.1) is 11.6 Å². The van der Waals surface area contributed by atoms with Gasteiger partial charge in [0.1, 0.15) is 0 Å². The number of aliphatic hydroxyl groups excluding tert-OH is 1. The second-order valence-electron chi connectivity index (χ2n) is 2.83. The first-order valence-electron chi connectivity index (χ1n) is 3.82. The number of fused-ring (bicyclic) bond motifs is 1. The van der Waals surface area contributed by atoms with Crippen molar-refractivity contribution in [3.8, 4) is 0 Å². The highest BCUT2D eigenvalue weighted by molar-refractivity contribution is 7.80. The van der Waals surface area contributed by atoms with Gasteiger partial charge in [-0.05, 0) is 29.1 Å². The molecule has 0 aliphatic carbocycles. The van der Waals surface area contributed by atoms with Crippen molar-refractivity contribution in [1.29, 1.82) is 0 Å². The predicted octanol–water partition coefficient (Wildman–Crippen LogP) is 2.26. The molecule has 2 rings (SSSR count). The Balaban J connectivity index is 2.80. The molecule has 4 heteroatoms. The molecule has 13 heavy (non-hydrogen) atoms. The van der Waals surface area contributed by atoms with Gasteiger partial charge in [-0.25, -0.2) is 0 Å². The molecule has 0 aliphatic heterocycles. The largest absolute Gasteiger partial charge is 0.392 e. The van der Waals surface area contributed by atoms with Gasteiger partial charge in [-0.15, -0.1) is 24.0 Å². The summed E-state index contributed by atoms with van der Waals surface area (Å²) < 4.78 is 1.05. The van der Waals surface area contributed by atoms with Crippen molar-refractivity contribution in [2.75, 3.05) is 5.73 Å². The van der Waals surface area contributed by atoms with Gasteiger partial charge >= 0.3 is 0 Å². The van der Waals surface area contributed by atoms with Gasteiger partial charge in [-0.3, -0.25) is 0 Å². The van der Waals surface area contributed by atoms with E-state index in [4.69, 9.17) is 10.8 Å². The lowest BCUT2D eigenvalue weighted by atomic mass is 10.2. The zero-order valence-electron chi connectivity index (χ0n) is 6.82. The number of nitrogen functional groups attached to an aromatic ring is 1.